The van der Waals surface area contributed by atoms with Crippen molar-refractivity contribution >= 4 is 11.6 Å². The van der Waals surface area contributed by atoms with Gasteiger partial charge in [0.05, 0.1) is 5.69 Å². The van der Waals surface area contributed by atoms with E-state index in [-0.39, 0.29) is 0 Å². The third-order valence-corrected chi connectivity index (χ3v) is 2.30. The number of hydrogen-bond acceptors (Lipinski definition) is 3. The van der Waals surface area contributed by atoms with Crippen LogP contribution >= 0.6 is 11.6 Å². The maximum atomic E-state index is 5.80. The number of hydrogen-bond donors (Lipinski definition) is 1. The molecule has 0 bridgehead atoms. The molecule has 0 aliphatic carbocycles. The summed E-state index contributed by atoms with van der Waals surface area (Å²) < 4.78 is 5.21. The fourth-order valence-electron chi connectivity index (χ4n) is 1.33. The molecule has 0 saturated heterocycles. The van der Waals surface area contributed by atoms with E-state index in [9.17, 15) is 0 Å². The van der Waals surface area contributed by atoms with E-state index in [4.69, 9.17) is 16.1 Å². The van der Waals surface area contributed by atoms with E-state index in [0.717, 1.165) is 17.0 Å². The van der Waals surface area contributed by atoms with Gasteiger partial charge in [-0.3, -0.25) is 0 Å². The Kier molecular flexibility index (Phi) is 3.04. The van der Waals surface area contributed by atoms with Crippen LogP contribution in [0.5, 0.6) is 0 Å². The first-order valence-electron chi connectivity index (χ1n) is 4.66. The second-order valence-electron chi connectivity index (χ2n) is 3.22. The van der Waals surface area contributed by atoms with Crippen LogP contribution in [0.2, 0.25) is 5.02 Å². The van der Waals surface area contributed by atoms with Crippen molar-refractivity contribution in [3.63, 3.8) is 0 Å². The lowest BCUT2D eigenvalue weighted by Crippen LogP contribution is -2.04. The Bertz CT molecular complexity index is 436. The van der Waals surface area contributed by atoms with Crippen LogP contribution in [0.15, 0.2) is 34.9 Å². The highest BCUT2D eigenvalue weighted by Gasteiger charge is 2.05. The lowest BCUT2D eigenvalue weighted by atomic mass is 10.1. The minimum absolute atomic E-state index is 0.705. The zero-order chi connectivity index (χ0) is 10.7. The molecule has 0 aliphatic rings. The van der Waals surface area contributed by atoms with Crippen molar-refractivity contribution in [2.75, 3.05) is 7.05 Å². The molecule has 0 amide bonds. The minimum Gasteiger partial charge on any atom is -0.356 e. The van der Waals surface area contributed by atoms with Crippen molar-refractivity contribution in [3.05, 3.63) is 41.0 Å². The molecule has 1 N–H and O–H groups in total. The van der Waals surface area contributed by atoms with E-state index in [1.165, 1.54) is 0 Å². The van der Waals surface area contributed by atoms with Crippen molar-refractivity contribution in [2.45, 2.75) is 6.54 Å². The summed E-state index contributed by atoms with van der Waals surface area (Å²) in [4.78, 5) is 0. The van der Waals surface area contributed by atoms with Gasteiger partial charge in [-0.25, -0.2) is 0 Å². The van der Waals surface area contributed by atoms with Gasteiger partial charge in [0.15, 0.2) is 5.76 Å². The highest BCUT2D eigenvalue weighted by Crippen LogP contribution is 2.22. The van der Waals surface area contributed by atoms with E-state index in [1.54, 1.807) is 0 Å². The molecule has 4 heteroatoms. The first kappa shape index (κ1) is 10.2. The smallest absolute Gasteiger partial charge is 0.167 e. The summed E-state index contributed by atoms with van der Waals surface area (Å²) in [5.41, 5.74) is 1.87. The summed E-state index contributed by atoms with van der Waals surface area (Å²) in [7, 11) is 1.87. The predicted octanol–water partition coefficient (Wildman–Crippen LogP) is 2.71. The SMILES string of the molecule is CNCc1cc(-c2ccc(Cl)cc2)on1. The minimum atomic E-state index is 0.705. The van der Waals surface area contributed by atoms with Gasteiger partial charge in [-0.1, -0.05) is 16.8 Å². The maximum Gasteiger partial charge on any atom is 0.167 e. The van der Waals surface area contributed by atoms with Crippen molar-refractivity contribution in [1.82, 2.24) is 10.5 Å². The first-order valence-corrected chi connectivity index (χ1v) is 5.03. The van der Waals surface area contributed by atoms with E-state index < -0.39 is 0 Å². The number of benzene rings is 1. The molecule has 0 saturated carbocycles. The van der Waals surface area contributed by atoms with Gasteiger partial charge in [-0.05, 0) is 31.3 Å². The lowest BCUT2D eigenvalue weighted by Gasteiger charge is -1.94. The van der Waals surface area contributed by atoms with Gasteiger partial charge >= 0.3 is 0 Å². The lowest BCUT2D eigenvalue weighted by molar-refractivity contribution is 0.421. The third-order valence-electron chi connectivity index (χ3n) is 2.05. The number of nitrogens with zero attached hydrogens (tertiary/aromatic N) is 1. The Labute approximate surface area is 93.0 Å². The summed E-state index contributed by atoms with van der Waals surface area (Å²) in [5, 5.41) is 7.66. The second kappa shape index (κ2) is 4.47. The summed E-state index contributed by atoms with van der Waals surface area (Å²) in [5.74, 6) is 0.761. The van der Waals surface area contributed by atoms with Crippen LogP contribution in [0.3, 0.4) is 0 Å². The zero-order valence-corrected chi connectivity index (χ0v) is 9.08. The van der Waals surface area contributed by atoms with Crippen molar-refractivity contribution in [2.24, 2.45) is 0 Å². The highest BCUT2D eigenvalue weighted by molar-refractivity contribution is 6.30. The van der Waals surface area contributed by atoms with Crippen LogP contribution in [0, 0.1) is 0 Å². The fraction of sp³-hybridized carbons (Fsp3) is 0.182. The van der Waals surface area contributed by atoms with E-state index in [0.29, 0.717) is 11.6 Å². The fourth-order valence-corrected chi connectivity index (χ4v) is 1.45. The normalized spacial score (nSPS) is 10.5. The molecule has 2 aromatic rings. The van der Waals surface area contributed by atoms with Crippen LogP contribution in [-0.4, -0.2) is 12.2 Å². The van der Waals surface area contributed by atoms with Crippen molar-refractivity contribution in [1.29, 1.82) is 0 Å². The maximum absolute atomic E-state index is 5.80. The topological polar surface area (TPSA) is 38.1 Å². The average molecular weight is 223 g/mol. The van der Waals surface area contributed by atoms with Crippen LogP contribution in [0.1, 0.15) is 5.69 Å². The molecule has 78 valence electrons. The van der Waals surface area contributed by atoms with Crippen molar-refractivity contribution in [3.8, 4) is 11.3 Å². The van der Waals surface area contributed by atoms with Gasteiger partial charge in [0.25, 0.3) is 0 Å². The summed E-state index contributed by atoms with van der Waals surface area (Å²) >= 11 is 5.80. The highest BCUT2D eigenvalue weighted by atomic mass is 35.5. The molecule has 0 aliphatic heterocycles. The van der Waals surface area contributed by atoms with Crippen LogP contribution in [-0.2, 0) is 6.54 Å². The number of aromatic nitrogens is 1. The molecule has 2 rings (SSSR count). The van der Waals surface area contributed by atoms with Gasteiger partial charge in [0, 0.05) is 23.2 Å². The molecule has 0 radical (unpaired) electrons. The van der Waals surface area contributed by atoms with Gasteiger partial charge in [-0.15, -0.1) is 0 Å². The van der Waals surface area contributed by atoms with Gasteiger partial charge in [0.1, 0.15) is 0 Å². The molecule has 0 fully saturated rings. The van der Waals surface area contributed by atoms with Gasteiger partial charge < -0.3 is 9.84 Å². The summed E-state index contributed by atoms with van der Waals surface area (Å²) in [6.07, 6.45) is 0. The monoisotopic (exact) mass is 222 g/mol. The molecule has 0 unspecified atom stereocenters. The largest absolute Gasteiger partial charge is 0.356 e. The Hall–Kier alpha value is -1.32. The number of nitrogens with one attached hydrogen (secondary N) is 1. The van der Waals surface area contributed by atoms with Crippen molar-refractivity contribution < 1.29 is 4.52 Å². The standard InChI is InChI=1S/C11H11ClN2O/c1-13-7-10-6-11(15-14-10)8-2-4-9(12)5-3-8/h2-6,13H,7H2,1H3. The molecule has 0 atom stereocenters. The third kappa shape index (κ3) is 2.37. The molecule has 1 aromatic heterocycles. The second-order valence-corrected chi connectivity index (χ2v) is 3.66. The Morgan fingerprint density at radius 3 is 2.73 bits per heavy atom. The molecule has 15 heavy (non-hydrogen) atoms. The first-order chi connectivity index (χ1) is 7.29. The number of halogens is 1. The zero-order valence-electron chi connectivity index (χ0n) is 8.33. The van der Waals surface area contributed by atoms with E-state index in [1.807, 2.05) is 37.4 Å². The summed E-state index contributed by atoms with van der Waals surface area (Å²) in [6, 6.07) is 9.39. The molecule has 3 nitrogen and oxygen atoms in total. The Balaban J connectivity index is 2.25. The van der Waals surface area contributed by atoms with Gasteiger partial charge in [-0.2, -0.15) is 0 Å². The predicted molar refractivity (Wildman–Crippen MR) is 59.7 cm³/mol. The molecular formula is C11H11ClN2O. The Morgan fingerprint density at radius 1 is 1.33 bits per heavy atom. The van der Waals surface area contributed by atoms with E-state index in [2.05, 4.69) is 10.5 Å². The van der Waals surface area contributed by atoms with Crippen LogP contribution in [0.25, 0.3) is 11.3 Å². The van der Waals surface area contributed by atoms with Crippen LogP contribution in [0.4, 0.5) is 0 Å². The molecule has 1 heterocycles. The number of rotatable bonds is 3. The van der Waals surface area contributed by atoms with Crippen LogP contribution < -0.4 is 5.32 Å². The molecule has 1 aromatic carbocycles. The van der Waals surface area contributed by atoms with E-state index >= 15 is 0 Å². The molecular weight excluding hydrogens is 212 g/mol. The molecule has 0 spiro atoms. The summed E-state index contributed by atoms with van der Waals surface area (Å²) in [6.45, 7) is 0.705. The quantitative estimate of drug-likeness (QED) is 0.868. The Morgan fingerprint density at radius 2 is 2.07 bits per heavy atom. The van der Waals surface area contributed by atoms with Gasteiger partial charge in [0.2, 0.25) is 0 Å². The average Bonchev–Trinajstić information content (AvgIpc) is 2.68.